The van der Waals surface area contributed by atoms with Crippen LogP contribution in [-0.2, 0) is 6.54 Å². The summed E-state index contributed by atoms with van der Waals surface area (Å²) in [7, 11) is 0. The van der Waals surface area contributed by atoms with Crippen molar-refractivity contribution < 1.29 is 0 Å². The van der Waals surface area contributed by atoms with Gasteiger partial charge < -0.3 is 5.32 Å². The van der Waals surface area contributed by atoms with E-state index in [1.165, 1.54) is 22.8 Å². The predicted molar refractivity (Wildman–Crippen MR) is 66.2 cm³/mol. The summed E-state index contributed by atoms with van der Waals surface area (Å²) >= 11 is 3.72. The van der Waals surface area contributed by atoms with Gasteiger partial charge in [-0.2, -0.15) is 17.0 Å². The van der Waals surface area contributed by atoms with Crippen molar-refractivity contribution >= 4 is 23.1 Å². The number of hydrogen-bond donors (Lipinski definition) is 1. The molecule has 0 radical (unpaired) electrons. The SMILES string of the molecule is N#Cc1csc(CNCC2CCSC2)c1. The van der Waals surface area contributed by atoms with Crippen LogP contribution in [0.1, 0.15) is 16.9 Å². The fraction of sp³-hybridized carbons (Fsp3) is 0.545. The van der Waals surface area contributed by atoms with Crippen molar-refractivity contribution in [1.82, 2.24) is 5.32 Å². The fourth-order valence-corrected chi connectivity index (χ4v) is 3.74. The molecule has 1 aliphatic heterocycles. The molecule has 2 rings (SSSR count). The number of rotatable bonds is 4. The highest BCUT2D eigenvalue weighted by Gasteiger charge is 2.14. The van der Waals surface area contributed by atoms with E-state index >= 15 is 0 Å². The average molecular weight is 238 g/mol. The van der Waals surface area contributed by atoms with Gasteiger partial charge in [0.1, 0.15) is 6.07 Å². The molecule has 1 aromatic heterocycles. The molecule has 4 heteroatoms. The van der Waals surface area contributed by atoms with Crippen molar-refractivity contribution in [2.24, 2.45) is 5.92 Å². The first-order chi connectivity index (χ1) is 7.38. The van der Waals surface area contributed by atoms with E-state index in [2.05, 4.69) is 23.1 Å². The molecular weight excluding hydrogens is 224 g/mol. The lowest BCUT2D eigenvalue weighted by molar-refractivity contribution is 0.525. The largest absolute Gasteiger partial charge is 0.312 e. The summed E-state index contributed by atoms with van der Waals surface area (Å²) in [5.74, 6) is 3.48. The first-order valence-electron chi connectivity index (χ1n) is 5.14. The second-order valence-corrected chi connectivity index (χ2v) is 5.92. The summed E-state index contributed by atoms with van der Waals surface area (Å²) in [5.41, 5.74) is 0.785. The van der Waals surface area contributed by atoms with Crippen LogP contribution < -0.4 is 5.32 Å². The fourth-order valence-electron chi connectivity index (χ4n) is 1.68. The van der Waals surface area contributed by atoms with Gasteiger partial charge in [0.05, 0.1) is 5.56 Å². The molecule has 2 nitrogen and oxygen atoms in total. The molecule has 1 unspecified atom stereocenters. The van der Waals surface area contributed by atoms with Gasteiger partial charge in [0.15, 0.2) is 0 Å². The van der Waals surface area contributed by atoms with Gasteiger partial charge in [0, 0.05) is 16.8 Å². The lowest BCUT2D eigenvalue weighted by Gasteiger charge is -2.08. The molecular formula is C11H14N2S2. The molecule has 0 aliphatic carbocycles. The Morgan fingerprint density at radius 2 is 2.53 bits per heavy atom. The molecule has 1 atom stereocenters. The third-order valence-corrected chi connectivity index (χ3v) is 4.71. The highest BCUT2D eigenvalue weighted by atomic mass is 32.2. The van der Waals surface area contributed by atoms with Crippen LogP contribution in [0, 0.1) is 17.2 Å². The van der Waals surface area contributed by atoms with Gasteiger partial charge in [-0.3, -0.25) is 0 Å². The Hall–Kier alpha value is -0.500. The van der Waals surface area contributed by atoms with Gasteiger partial charge in [-0.25, -0.2) is 0 Å². The monoisotopic (exact) mass is 238 g/mol. The maximum Gasteiger partial charge on any atom is 0.100 e. The van der Waals surface area contributed by atoms with E-state index < -0.39 is 0 Å². The van der Waals surface area contributed by atoms with Crippen LogP contribution in [0.2, 0.25) is 0 Å². The molecule has 1 N–H and O–H groups in total. The smallest absolute Gasteiger partial charge is 0.100 e. The molecule has 1 aromatic rings. The van der Waals surface area contributed by atoms with Crippen LogP contribution in [-0.4, -0.2) is 18.1 Å². The highest BCUT2D eigenvalue weighted by molar-refractivity contribution is 7.99. The first kappa shape index (κ1) is 11.0. The number of nitrogens with one attached hydrogen (secondary N) is 1. The van der Waals surface area contributed by atoms with Gasteiger partial charge >= 0.3 is 0 Å². The van der Waals surface area contributed by atoms with Gasteiger partial charge in [0.25, 0.3) is 0 Å². The van der Waals surface area contributed by atoms with E-state index in [0.717, 1.165) is 24.6 Å². The van der Waals surface area contributed by atoms with Crippen LogP contribution >= 0.6 is 23.1 Å². The number of thioether (sulfide) groups is 1. The molecule has 0 bridgehead atoms. The van der Waals surface area contributed by atoms with Crippen LogP contribution in [0.5, 0.6) is 0 Å². The molecule has 1 saturated heterocycles. The highest BCUT2D eigenvalue weighted by Crippen LogP contribution is 2.22. The average Bonchev–Trinajstić information content (AvgIpc) is 2.88. The van der Waals surface area contributed by atoms with Crippen molar-refractivity contribution in [3.05, 3.63) is 21.9 Å². The minimum Gasteiger partial charge on any atom is -0.312 e. The number of hydrogen-bond acceptors (Lipinski definition) is 4. The van der Waals surface area contributed by atoms with E-state index in [4.69, 9.17) is 5.26 Å². The molecule has 1 aliphatic rings. The summed E-state index contributed by atoms with van der Waals surface area (Å²) in [4.78, 5) is 1.26. The number of nitriles is 1. The molecule has 80 valence electrons. The van der Waals surface area contributed by atoms with Gasteiger partial charge in [-0.05, 0) is 36.5 Å². The molecule has 0 saturated carbocycles. The molecule has 15 heavy (non-hydrogen) atoms. The maximum atomic E-state index is 8.68. The molecule has 0 spiro atoms. The van der Waals surface area contributed by atoms with Crippen LogP contribution in [0.4, 0.5) is 0 Å². The Morgan fingerprint density at radius 3 is 3.20 bits per heavy atom. The Morgan fingerprint density at radius 1 is 1.60 bits per heavy atom. The van der Waals surface area contributed by atoms with Crippen LogP contribution in [0.15, 0.2) is 11.4 Å². The Bertz CT molecular complexity index is 348. The van der Waals surface area contributed by atoms with Crippen LogP contribution in [0.25, 0.3) is 0 Å². The first-order valence-corrected chi connectivity index (χ1v) is 7.18. The summed E-state index contributed by atoms with van der Waals surface area (Å²) in [5, 5.41) is 14.1. The van der Waals surface area contributed by atoms with Crippen molar-refractivity contribution in [2.45, 2.75) is 13.0 Å². The predicted octanol–water partition coefficient (Wildman–Crippen LogP) is 2.46. The zero-order chi connectivity index (χ0) is 10.5. The standard InChI is InChI=1S/C11H14N2S2/c12-4-10-3-11(15-8-10)6-13-5-9-1-2-14-7-9/h3,8-9,13H,1-2,5-7H2. The number of nitrogens with zero attached hydrogens (tertiary/aromatic N) is 1. The Kier molecular flexibility index (Phi) is 4.07. The van der Waals surface area contributed by atoms with Gasteiger partial charge in [-0.15, -0.1) is 11.3 Å². The van der Waals surface area contributed by atoms with Crippen molar-refractivity contribution in [2.75, 3.05) is 18.1 Å². The second kappa shape index (κ2) is 5.55. The van der Waals surface area contributed by atoms with Gasteiger partial charge in [0.2, 0.25) is 0 Å². The zero-order valence-electron chi connectivity index (χ0n) is 8.53. The molecule has 0 amide bonds. The normalized spacial score (nSPS) is 20.3. The lowest BCUT2D eigenvalue weighted by Crippen LogP contribution is -2.21. The van der Waals surface area contributed by atoms with Crippen LogP contribution in [0.3, 0.4) is 0 Å². The zero-order valence-corrected chi connectivity index (χ0v) is 10.2. The number of thiophene rings is 1. The summed E-state index contributed by atoms with van der Waals surface area (Å²) < 4.78 is 0. The summed E-state index contributed by atoms with van der Waals surface area (Å²) in [6.45, 7) is 2.03. The third-order valence-electron chi connectivity index (χ3n) is 2.54. The molecule has 1 fully saturated rings. The molecule has 0 aromatic carbocycles. The topological polar surface area (TPSA) is 35.8 Å². The maximum absolute atomic E-state index is 8.68. The van der Waals surface area contributed by atoms with E-state index in [-0.39, 0.29) is 0 Å². The Labute approximate surface area is 98.7 Å². The summed E-state index contributed by atoms with van der Waals surface area (Å²) in [6.07, 6.45) is 1.35. The lowest BCUT2D eigenvalue weighted by atomic mass is 10.1. The summed E-state index contributed by atoms with van der Waals surface area (Å²) in [6, 6.07) is 4.13. The van der Waals surface area contributed by atoms with Crippen molar-refractivity contribution in [3.63, 3.8) is 0 Å². The minimum absolute atomic E-state index is 0.785. The third kappa shape index (κ3) is 3.23. The second-order valence-electron chi connectivity index (χ2n) is 3.77. The van der Waals surface area contributed by atoms with Crippen molar-refractivity contribution in [3.8, 4) is 6.07 Å². The molecule has 2 heterocycles. The van der Waals surface area contributed by atoms with E-state index in [1.807, 2.05) is 11.4 Å². The Balaban J connectivity index is 1.71. The van der Waals surface area contributed by atoms with E-state index in [1.54, 1.807) is 11.3 Å². The van der Waals surface area contributed by atoms with E-state index in [9.17, 15) is 0 Å². The van der Waals surface area contributed by atoms with Gasteiger partial charge in [-0.1, -0.05) is 0 Å². The minimum atomic E-state index is 0.785. The quantitative estimate of drug-likeness (QED) is 0.875. The van der Waals surface area contributed by atoms with Crippen molar-refractivity contribution in [1.29, 1.82) is 5.26 Å². The van der Waals surface area contributed by atoms with E-state index in [0.29, 0.717) is 0 Å².